The predicted molar refractivity (Wildman–Crippen MR) is 71.6 cm³/mol. The van der Waals surface area contributed by atoms with Gasteiger partial charge in [0.1, 0.15) is 6.04 Å². The number of nitrogens with one attached hydrogen (secondary N) is 2. The molecule has 0 aliphatic carbocycles. The number of carbonyl (C=O) groups excluding carboxylic acids is 2. The summed E-state index contributed by atoms with van der Waals surface area (Å²) in [7, 11) is 1.30. The number of H-pyrrole nitrogens is 1. The first-order chi connectivity index (χ1) is 9.11. The summed E-state index contributed by atoms with van der Waals surface area (Å²) >= 11 is 0. The van der Waals surface area contributed by atoms with Crippen molar-refractivity contribution in [2.24, 2.45) is 0 Å². The highest BCUT2D eigenvalue weighted by molar-refractivity contribution is 5.90. The van der Waals surface area contributed by atoms with E-state index in [2.05, 4.69) is 15.0 Å². The van der Waals surface area contributed by atoms with Crippen LogP contribution in [0.5, 0.6) is 0 Å². The number of para-hydroxylation sites is 1. The Kier molecular flexibility index (Phi) is 3.85. The molecule has 0 aliphatic heterocycles. The Hall–Kier alpha value is -2.30. The summed E-state index contributed by atoms with van der Waals surface area (Å²) in [5, 5.41) is 3.62. The Morgan fingerprint density at radius 3 is 2.84 bits per heavy atom. The van der Waals surface area contributed by atoms with E-state index in [0.29, 0.717) is 0 Å². The first-order valence-electron chi connectivity index (χ1n) is 6.04. The maximum absolute atomic E-state index is 11.9. The molecule has 5 nitrogen and oxygen atoms in total. The fourth-order valence-corrected chi connectivity index (χ4v) is 1.98. The summed E-state index contributed by atoms with van der Waals surface area (Å²) in [5.74, 6) is -0.657. The minimum absolute atomic E-state index is 0.206. The molecule has 2 rings (SSSR count). The molecule has 0 radical (unpaired) electrons. The molecule has 1 aromatic heterocycles. The van der Waals surface area contributed by atoms with Crippen molar-refractivity contribution in [1.29, 1.82) is 0 Å². The number of hydrogen-bond donors (Lipinski definition) is 2. The van der Waals surface area contributed by atoms with Gasteiger partial charge in [-0.15, -0.1) is 0 Å². The van der Waals surface area contributed by atoms with Crippen LogP contribution in [0.1, 0.15) is 12.5 Å². The Labute approximate surface area is 110 Å². The van der Waals surface area contributed by atoms with Crippen LogP contribution in [0.15, 0.2) is 30.5 Å². The summed E-state index contributed by atoms with van der Waals surface area (Å²) in [5.41, 5.74) is 1.90. The topological polar surface area (TPSA) is 71.2 Å². The van der Waals surface area contributed by atoms with Crippen molar-refractivity contribution in [2.45, 2.75) is 19.4 Å². The van der Waals surface area contributed by atoms with Crippen molar-refractivity contribution < 1.29 is 14.3 Å². The molecule has 0 bridgehead atoms. The molecule has 0 spiro atoms. The molecule has 0 saturated carbocycles. The van der Waals surface area contributed by atoms with Gasteiger partial charge in [-0.2, -0.15) is 0 Å². The second-order valence-electron chi connectivity index (χ2n) is 4.35. The molecular formula is C14H16N2O3. The van der Waals surface area contributed by atoms with Crippen molar-refractivity contribution in [3.63, 3.8) is 0 Å². The lowest BCUT2D eigenvalue weighted by atomic mass is 10.1. The minimum atomic E-state index is -0.636. The van der Waals surface area contributed by atoms with Crippen LogP contribution >= 0.6 is 0 Å². The number of methoxy groups -OCH3 is 1. The number of carbonyl (C=O) groups is 2. The SMILES string of the molecule is COC(=O)C(C)NC(=O)Cc1c[nH]c2ccccc12. The quantitative estimate of drug-likeness (QED) is 0.816. The predicted octanol–water partition coefficient (Wildman–Crippen LogP) is 1.39. The van der Waals surface area contributed by atoms with Gasteiger partial charge in [-0.1, -0.05) is 18.2 Å². The van der Waals surface area contributed by atoms with Crippen LogP contribution in [0, 0.1) is 0 Å². The molecule has 1 aromatic carbocycles. The molecule has 2 aromatic rings. The molecule has 0 fully saturated rings. The smallest absolute Gasteiger partial charge is 0.328 e. The lowest BCUT2D eigenvalue weighted by Gasteiger charge is -2.11. The molecule has 5 heteroatoms. The van der Waals surface area contributed by atoms with Crippen molar-refractivity contribution in [3.8, 4) is 0 Å². The number of ether oxygens (including phenoxy) is 1. The lowest BCUT2D eigenvalue weighted by molar-refractivity contribution is -0.144. The third-order valence-corrected chi connectivity index (χ3v) is 2.96. The number of fused-ring (bicyclic) bond motifs is 1. The van der Waals surface area contributed by atoms with Crippen LogP contribution in [-0.4, -0.2) is 30.0 Å². The first-order valence-corrected chi connectivity index (χ1v) is 6.04. The molecule has 1 atom stereocenters. The Balaban J connectivity index is 2.05. The molecular weight excluding hydrogens is 244 g/mol. The van der Waals surface area contributed by atoms with Crippen LogP contribution in [0.4, 0.5) is 0 Å². The number of aromatic amines is 1. The number of benzene rings is 1. The van der Waals surface area contributed by atoms with E-state index < -0.39 is 12.0 Å². The van der Waals surface area contributed by atoms with E-state index in [1.54, 1.807) is 6.92 Å². The monoisotopic (exact) mass is 260 g/mol. The van der Waals surface area contributed by atoms with E-state index in [1.807, 2.05) is 30.5 Å². The molecule has 1 unspecified atom stereocenters. The maximum atomic E-state index is 11.9. The van der Waals surface area contributed by atoms with Gasteiger partial charge in [0.25, 0.3) is 0 Å². The van der Waals surface area contributed by atoms with Gasteiger partial charge in [-0.25, -0.2) is 4.79 Å². The van der Waals surface area contributed by atoms with E-state index in [4.69, 9.17) is 0 Å². The van der Waals surface area contributed by atoms with Gasteiger partial charge in [0.05, 0.1) is 13.5 Å². The van der Waals surface area contributed by atoms with Crippen molar-refractivity contribution >= 4 is 22.8 Å². The zero-order valence-corrected chi connectivity index (χ0v) is 10.9. The lowest BCUT2D eigenvalue weighted by Crippen LogP contribution is -2.39. The molecule has 1 amide bonds. The highest BCUT2D eigenvalue weighted by atomic mass is 16.5. The van der Waals surface area contributed by atoms with Gasteiger partial charge in [0.2, 0.25) is 5.91 Å². The summed E-state index contributed by atoms with van der Waals surface area (Å²) in [6, 6.07) is 7.13. The molecule has 19 heavy (non-hydrogen) atoms. The summed E-state index contributed by atoms with van der Waals surface area (Å²) < 4.78 is 4.56. The van der Waals surface area contributed by atoms with Crippen molar-refractivity contribution in [3.05, 3.63) is 36.0 Å². The van der Waals surface area contributed by atoms with Gasteiger partial charge < -0.3 is 15.0 Å². The molecule has 0 saturated heterocycles. The average Bonchev–Trinajstić information content (AvgIpc) is 2.81. The molecule has 1 heterocycles. The molecule has 2 N–H and O–H groups in total. The normalized spacial score (nSPS) is 12.1. The fourth-order valence-electron chi connectivity index (χ4n) is 1.98. The van der Waals surface area contributed by atoms with Crippen LogP contribution in [-0.2, 0) is 20.7 Å². The number of esters is 1. The number of aromatic nitrogens is 1. The van der Waals surface area contributed by atoms with Crippen LogP contribution in [0.2, 0.25) is 0 Å². The van der Waals surface area contributed by atoms with Crippen molar-refractivity contribution in [1.82, 2.24) is 10.3 Å². The highest BCUT2D eigenvalue weighted by Crippen LogP contribution is 2.17. The van der Waals surface area contributed by atoms with Crippen molar-refractivity contribution in [2.75, 3.05) is 7.11 Å². The molecule has 0 aliphatic rings. The summed E-state index contributed by atoms with van der Waals surface area (Å²) in [4.78, 5) is 26.2. The highest BCUT2D eigenvalue weighted by Gasteiger charge is 2.16. The largest absolute Gasteiger partial charge is 0.467 e. The fraction of sp³-hybridized carbons (Fsp3) is 0.286. The van der Waals surface area contributed by atoms with Gasteiger partial charge in [-0.3, -0.25) is 4.79 Å². The third kappa shape index (κ3) is 2.93. The van der Waals surface area contributed by atoms with E-state index in [9.17, 15) is 9.59 Å². The Morgan fingerprint density at radius 1 is 1.37 bits per heavy atom. The number of hydrogen-bond acceptors (Lipinski definition) is 3. The zero-order chi connectivity index (χ0) is 13.8. The van der Waals surface area contributed by atoms with Gasteiger partial charge in [0.15, 0.2) is 0 Å². The van der Waals surface area contributed by atoms with Gasteiger partial charge in [-0.05, 0) is 18.6 Å². The van der Waals surface area contributed by atoms with E-state index in [1.165, 1.54) is 7.11 Å². The Bertz CT molecular complexity index is 604. The Morgan fingerprint density at radius 2 is 2.11 bits per heavy atom. The second kappa shape index (κ2) is 5.56. The summed E-state index contributed by atoms with van der Waals surface area (Å²) in [6.45, 7) is 1.60. The zero-order valence-electron chi connectivity index (χ0n) is 10.9. The summed E-state index contributed by atoms with van der Waals surface area (Å²) in [6.07, 6.45) is 2.04. The minimum Gasteiger partial charge on any atom is -0.467 e. The third-order valence-electron chi connectivity index (χ3n) is 2.96. The number of amides is 1. The van der Waals surface area contributed by atoms with Crippen LogP contribution in [0.25, 0.3) is 10.9 Å². The van der Waals surface area contributed by atoms with E-state index >= 15 is 0 Å². The van der Waals surface area contributed by atoms with Gasteiger partial charge in [0, 0.05) is 17.1 Å². The van der Waals surface area contributed by atoms with E-state index in [-0.39, 0.29) is 12.3 Å². The van der Waals surface area contributed by atoms with Crippen LogP contribution < -0.4 is 5.32 Å². The first kappa shape index (κ1) is 13.1. The second-order valence-corrected chi connectivity index (χ2v) is 4.35. The van der Waals surface area contributed by atoms with Gasteiger partial charge >= 0.3 is 5.97 Å². The maximum Gasteiger partial charge on any atom is 0.328 e. The van der Waals surface area contributed by atoms with Crippen LogP contribution in [0.3, 0.4) is 0 Å². The standard InChI is InChI=1S/C14H16N2O3/c1-9(14(18)19-2)16-13(17)7-10-8-15-12-6-4-3-5-11(10)12/h3-6,8-9,15H,7H2,1-2H3,(H,16,17). The van der Waals surface area contributed by atoms with E-state index in [0.717, 1.165) is 16.5 Å². The molecule has 100 valence electrons. The number of rotatable bonds is 4. The average molecular weight is 260 g/mol.